The standard InChI is InChI=1S/C24H27N5O5/c1-14-16(13-29-4-6-33-7-5-29)9-20(34-14)19(30)8-15-12-25-28-23(15)24-26-17-10-21(31-2)22(32-3)11-18(17)27-24/h9-12H,4-8,13H2,1-3H3,(H,25,28)(H,26,27). The van der Waals surface area contributed by atoms with E-state index in [0.29, 0.717) is 34.3 Å². The fraction of sp³-hybridized carbons (Fsp3) is 0.375. The van der Waals surface area contributed by atoms with Crippen molar-refractivity contribution in [2.24, 2.45) is 0 Å². The SMILES string of the molecule is COc1cc2nc(-c3[nH]ncc3CC(=O)c3cc(CN4CCOCC4)c(C)o3)[nH]c2cc1OC. The molecule has 0 aliphatic carbocycles. The molecule has 1 saturated heterocycles. The third-order valence-electron chi connectivity index (χ3n) is 6.09. The van der Waals surface area contributed by atoms with E-state index in [1.54, 1.807) is 26.5 Å². The maximum Gasteiger partial charge on any atom is 0.202 e. The van der Waals surface area contributed by atoms with Gasteiger partial charge < -0.3 is 23.6 Å². The first-order valence-corrected chi connectivity index (χ1v) is 11.1. The highest BCUT2D eigenvalue weighted by Crippen LogP contribution is 2.33. The average molecular weight is 466 g/mol. The average Bonchev–Trinajstić information content (AvgIpc) is 3.57. The van der Waals surface area contributed by atoms with E-state index >= 15 is 0 Å². The van der Waals surface area contributed by atoms with E-state index < -0.39 is 0 Å². The quantitative estimate of drug-likeness (QED) is 0.381. The minimum absolute atomic E-state index is 0.113. The molecular formula is C24H27N5O5. The van der Waals surface area contributed by atoms with Crippen LogP contribution in [-0.4, -0.2) is 71.4 Å². The molecule has 5 rings (SSSR count). The van der Waals surface area contributed by atoms with Gasteiger partial charge in [-0.25, -0.2) is 4.98 Å². The Labute approximate surface area is 196 Å². The molecule has 178 valence electrons. The zero-order valence-electron chi connectivity index (χ0n) is 19.4. The number of benzene rings is 1. The molecule has 0 amide bonds. The fourth-order valence-corrected chi connectivity index (χ4v) is 4.18. The van der Waals surface area contributed by atoms with Crippen molar-refractivity contribution in [3.05, 3.63) is 47.0 Å². The van der Waals surface area contributed by atoms with Crippen LogP contribution in [0.15, 0.2) is 28.8 Å². The molecule has 1 aliphatic heterocycles. The summed E-state index contributed by atoms with van der Waals surface area (Å²) in [6, 6.07) is 5.48. The lowest BCUT2D eigenvalue weighted by Crippen LogP contribution is -2.35. The Morgan fingerprint density at radius 3 is 2.65 bits per heavy atom. The zero-order valence-corrected chi connectivity index (χ0v) is 19.4. The number of hydrogen-bond donors (Lipinski definition) is 2. The highest BCUT2D eigenvalue weighted by molar-refractivity contribution is 5.96. The predicted molar refractivity (Wildman–Crippen MR) is 124 cm³/mol. The topological polar surface area (TPSA) is 119 Å². The number of morpholine rings is 1. The first-order valence-electron chi connectivity index (χ1n) is 11.1. The number of nitrogens with one attached hydrogen (secondary N) is 2. The first kappa shape index (κ1) is 22.2. The lowest BCUT2D eigenvalue weighted by molar-refractivity contribution is 0.0340. The molecule has 0 saturated carbocycles. The highest BCUT2D eigenvalue weighted by atomic mass is 16.5. The van der Waals surface area contributed by atoms with Gasteiger partial charge in [0.15, 0.2) is 23.1 Å². The number of carbonyl (C=O) groups is 1. The number of hydrogen-bond acceptors (Lipinski definition) is 8. The molecule has 0 spiro atoms. The van der Waals surface area contributed by atoms with Gasteiger partial charge in [0.05, 0.1) is 44.7 Å². The first-order chi connectivity index (χ1) is 16.6. The number of Topliss-reactive ketones (excluding diaryl/α,β-unsaturated/α-hetero) is 1. The molecule has 3 aromatic heterocycles. The van der Waals surface area contributed by atoms with Crippen LogP contribution in [0.5, 0.6) is 11.5 Å². The molecule has 4 aromatic rings. The minimum atomic E-state index is -0.113. The summed E-state index contributed by atoms with van der Waals surface area (Å²) in [5.41, 5.74) is 3.91. The van der Waals surface area contributed by atoms with E-state index in [1.165, 1.54) is 0 Å². The van der Waals surface area contributed by atoms with E-state index in [0.717, 1.165) is 55.3 Å². The van der Waals surface area contributed by atoms with Gasteiger partial charge in [0, 0.05) is 49.3 Å². The second-order valence-corrected chi connectivity index (χ2v) is 8.26. The normalized spacial score (nSPS) is 14.6. The third-order valence-corrected chi connectivity index (χ3v) is 6.09. The van der Waals surface area contributed by atoms with Crippen molar-refractivity contribution in [2.75, 3.05) is 40.5 Å². The molecule has 0 bridgehead atoms. The molecule has 34 heavy (non-hydrogen) atoms. The van der Waals surface area contributed by atoms with Crippen molar-refractivity contribution in [1.29, 1.82) is 0 Å². The highest BCUT2D eigenvalue weighted by Gasteiger charge is 2.21. The fourth-order valence-electron chi connectivity index (χ4n) is 4.18. The molecule has 4 heterocycles. The predicted octanol–water partition coefficient (Wildman–Crippen LogP) is 3.13. The molecule has 1 fully saturated rings. The van der Waals surface area contributed by atoms with Gasteiger partial charge in [-0.1, -0.05) is 0 Å². The van der Waals surface area contributed by atoms with Gasteiger partial charge in [0.25, 0.3) is 0 Å². The van der Waals surface area contributed by atoms with Crippen LogP contribution in [0.4, 0.5) is 0 Å². The van der Waals surface area contributed by atoms with Gasteiger partial charge in [0.1, 0.15) is 11.5 Å². The number of fused-ring (bicyclic) bond motifs is 1. The van der Waals surface area contributed by atoms with Gasteiger partial charge in [-0.15, -0.1) is 0 Å². The number of rotatable bonds is 8. The molecule has 0 radical (unpaired) electrons. The van der Waals surface area contributed by atoms with E-state index in [1.807, 2.05) is 19.1 Å². The summed E-state index contributed by atoms with van der Waals surface area (Å²) in [6.07, 6.45) is 1.78. The second kappa shape index (κ2) is 9.32. The van der Waals surface area contributed by atoms with Crippen LogP contribution in [0.1, 0.15) is 27.4 Å². The Morgan fingerprint density at radius 2 is 1.88 bits per heavy atom. The van der Waals surface area contributed by atoms with Crippen LogP contribution in [-0.2, 0) is 17.7 Å². The van der Waals surface area contributed by atoms with Crippen molar-refractivity contribution in [3.63, 3.8) is 0 Å². The summed E-state index contributed by atoms with van der Waals surface area (Å²) >= 11 is 0. The maximum absolute atomic E-state index is 13.1. The van der Waals surface area contributed by atoms with Crippen LogP contribution >= 0.6 is 0 Å². The summed E-state index contributed by atoms with van der Waals surface area (Å²) in [7, 11) is 3.17. The van der Waals surface area contributed by atoms with Crippen LogP contribution < -0.4 is 9.47 Å². The van der Waals surface area contributed by atoms with E-state index in [2.05, 4.69) is 25.1 Å². The Balaban J connectivity index is 1.36. The van der Waals surface area contributed by atoms with Gasteiger partial charge in [-0.3, -0.25) is 14.8 Å². The molecule has 10 heteroatoms. The third kappa shape index (κ3) is 4.29. The van der Waals surface area contributed by atoms with Crippen LogP contribution in [0.2, 0.25) is 0 Å². The van der Waals surface area contributed by atoms with Gasteiger partial charge >= 0.3 is 0 Å². The van der Waals surface area contributed by atoms with Crippen molar-refractivity contribution in [3.8, 4) is 23.0 Å². The number of carbonyl (C=O) groups excluding carboxylic acids is 1. The Bertz CT molecular complexity index is 1270. The van der Waals surface area contributed by atoms with Crippen molar-refractivity contribution >= 4 is 16.8 Å². The molecule has 1 aliphatic rings. The minimum Gasteiger partial charge on any atom is -0.493 e. The summed E-state index contributed by atoms with van der Waals surface area (Å²) in [5.74, 6) is 2.78. The van der Waals surface area contributed by atoms with Gasteiger partial charge in [-0.05, 0) is 13.0 Å². The van der Waals surface area contributed by atoms with Crippen molar-refractivity contribution in [2.45, 2.75) is 19.9 Å². The lowest BCUT2D eigenvalue weighted by Gasteiger charge is -2.26. The number of furan rings is 1. The smallest absolute Gasteiger partial charge is 0.202 e. The number of ether oxygens (including phenoxy) is 3. The zero-order chi connectivity index (χ0) is 23.7. The number of imidazole rings is 1. The number of methoxy groups -OCH3 is 2. The number of aromatic nitrogens is 4. The largest absolute Gasteiger partial charge is 0.493 e. The number of nitrogens with zero attached hydrogens (tertiary/aromatic N) is 3. The molecule has 0 atom stereocenters. The van der Waals surface area contributed by atoms with Gasteiger partial charge in [-0.2, -0.15) is 5.10 Å². The monoisotopic (exact) mass is 465 g/mol. The maximum atomic E-state index is 13.1. The summed E-state index contributed by atoms with van der Waals surface area (Å²) in [6.45, 7) is 5.85. The van der Waals surface area contributed by atoms with Crippen LogP contribution in [0, 0.1) is 6.92 Å². The molecule has 10 nitrogen and oxygen atoms in total. The van der Waals surface area contributed by atoms with E-state index in [4.69, 9.17) is 18.6 Å². The lowest BCUT2D eigenvalue weighted by atomic mass is 10.1. The Morgan fingerprint density at radius 1 is 1.12 bits per heavy atom. The number of ketones is 1. The Kier molecular flexibility index (Phi) is 6.08. The summed E-state index contributed by atoms with van der Waals surface area (Å²) in [5, 5.41) is 7.11. The van der Waals surface area contributed by atoms with Crippen LogP contribution in [0.25, 0.3) is 22.6 Å². The van der Waals surface area contributed by atoms with Gasteiger partial charge in [0.2, 0.25) is 5.78 Å². The van der Waals surface area contributed by atoms with E-state index in [9.17, 15) is 4.79 Å². The van der Waals surface area contributed by atoms with E-state index in [-0.39, 0.29) is 12.2 Å². The molecular weight excluding hydrogens is 438 g/mol. The molecule has 0 unspecified atom stereocenters. The van der Waals surface area contributed by atoms with Crippen LogP contribution in [0.3, 0.4) is 0 Å². The summed E-state index contributed by atoms with van der Waals surface area (Å²) < 4.78 is 22.0. The number of aromatic amines is 2. The number of H-pyrrole nitrogens is 2. The molecule has 2 N–H and O–H groups in total. The Hall–Kier alpha value is -3.63. The van der Waals surface area contributed by atoms with Crippen molar-refractivity contribution in [1.82, 2.24) is 25.1 Å². The second-order valence-electron chi connectivity index (χ2n) is 8.26. The summed E-state index contributed by atoms with van der Waals surface area (Å²) in [4.78, 5) is 23.3. The number of aryl methyl sites for hydroxylation is 1. The van der Waals surface area contributed by atoms with Crippen molar-refractivity contribution < 1.29 is 23.4 Å². The molecule has 1 aromatic carbocycles.